The number of rotatable bonds is 7. The van der Waals surface area contributed by atoms with Crippen LogP contribution in [0.1, 0.15) is 19.3 Å². The first-order valence-electron chi connectivity index (χ1n) is 6.78. The molecule has 3 atom stereocenters. The SMILES string of the molecule is O=[N+]([O-])c1cnn(CC(O)CNCC2CCC(O)C2)c1. The molecule has 8 heteroatoms. The summed E-state index contributed by atoms with van der Waals surface area (Å²) in [4.78, 5) is 9.99. The van der Waals surface area contributed by atoms with Crippen molar-refractivity contribution in [3.8, 4) is 0 Å². The van der Waals surface area contributed by atoms with E-state index < -0.39 is 11.0 Å². The standard InChI is InChI=1S/C12H20N4O4/c17-11-2-1-9(3-11)4-13-6-12(18)8-15-7-10(5-14-15)16(19)20/h5,7,9,11-13,17-18H,1-4,6,8H2. The van der Waals surface area contributed by atoms with Crippen LogP contribution in [-0.2, 0) is 6.54 Å². The van der Waals surface area contributed by atoms with Crippen molar-refractivity contribution in [3.63, 3.8) is 0 Å². The summed E-state index contributed by atoms with van der Waals surface area (Å²) in [5.74, 6) is 0.461. The Hall–Kier alpha value is -1.51. The van der Waals surface area contributed by atoms with Crippen LogP contribution >= 0.6 is 0 Å². The van der Waals surface area contributed by atoms with Crippen LogP contribution in [0.4, 0.5) is 5.69 Å². The molecular weight excluding hydrogens is 264 g/mol. The summed E-state index contributed by atoms with van der Waals surface area (Å²) < 4.78 is 1.36. The molecule has 0 spiro atoms. The van der Waals surface area contributed by atoms with Crippen molar-refractivity contribution in [2.24, 2.45) is 5.92 Å². The lowest BCUT2D eigenvalue weighted by atomic mass is 10.1. The van der Waals surface area contributed by atoms with Crippen LogP contribution in [0.3, 0.4) is 0 Å². The van der Waals surface area contributed by atoms with Gasteiger partial charge in [0.1, 0.15) is 12.4 Å². The second kappa shape index (κ2) is 6.78. The summed E-state index contributed by atoms with van der Waals surface area (Å²) >= 11 is 0. The molecule has 1 aromatic rings. The van der Waals surface area contributed by atoms with Crippen molar-refractivity contribution >= 4 is 5.69 Å². The van der Waals surface area contributed by atoms with Crippen molar-refractivity contribution in [1.82, 2.24) is 15.1 Å². The average molecular weight is 284 g/mol. The normalized spacial score (nSPS) is 23.9. The van der Waals surface area contributed by atoms with E-state index in [0.29, 0.717) is 12.5 Å². The van der Waals surface area contributed by atoms with E-state index in [1.54, 1.807) is 0 Å². The summed E-state index contributed by atoms with van der Waals surface area (Å²) in [5.41, 5.74) is -0.0786. The number of hydrogen-bond acceptors (Lipinski definition) is 6. The molecule has 0 saturated heterocycles. The predicted octanol–water partition coefficient (Wildman–Crippen LogP) is -0.0972. The summed E-state index contributed by atoms with van der Waals surface area (Å²) in [7, 11) is 0. The number of aliphatic hydroxyl groups is 2. The number of nitrogens with one attached hydrogen (secondary N) is 1. The molecule has 0 bridgehead atoms. The molecule has 20 heavy (non-hydrogen) atoms. The molecule has 0 aliphatic heterocycles. The molecule has 1 fully saturated rings. The Balaban J connectivity index is 1.67. The lowest BCUT2D eigenvalue weighted by molar-refractivity contribution is -0.385. The van der Waals surface area contributed by atoms with E-state index in [-0.39, 0.29) is 18.3 Å². The smallest absolute Gasteiger partial charge is 0.306 e. The van der Waals surface area contributed by atoms with Gasteiger partial charge in [-0.2, -0.15) is 5.10 Å². The summed E-state index contributed by atoms with van der Waals surface area (Å²) in [6.45, 7) is 1.39. The van der Waals surface area contributed by atoms with Gasteiger partial charge in [0.25, 0.3) is 0 Å². The molecule has 3 unspecified atom stereocenters. The Morgan fingerprint density at radius 3 is 3.00 bits per heavy atom. The minimum atomic E-state index is -0.652. The van der Waals surface area contributed by atoms with Gasteiger partial charge >= 0.3 is 5.69 Å². The Morgan fingerprint density at radius 2 is 2.40 bits per heavy atom. The maximum atomic E-state index is 10.5. The number of nitrogens with zero attached hydrogens (tertiary/aromatic N) is 3. The highest BCUT2D eigenvalue weighted by Crippen LogP contribution is 2.24. The highest BCUT2D eigenvalue weighted by Gasteiger charge is 2.22. The molecule has 112 valence electrons. The van der Waals surface area contributed by atoms with E-state index in [9.17, 15) is 20.3 Å². The Labute approximate surface area is 116 Å². The first-order chi connectivity index (χ1) is 9.54. The van der Waals surface area contributed by atoms with Gasteiger partial charge in [-0.1, -0.05) is 0 Å². The topological polar surface area (TPSA) is 113 Å². The minimum absolute atomic E-state index is 0.0786. The van der Waals surface area contributed by atoms with E-state index >= 15 is 0 Å². The number of aliphatic hydroxyl groups excluding tert-OH is 2. The fourth-order valence-electron chi connectivity index (χ4n) is 2.52. The average Bonchev–Trinajstić information content (AvgIpc) is 2.99. The zero-order chi connectivity index (χ0) is 14.5. The van der Waals surface area contributed by atoms with Gasteiger partial charge in [-0.3, -0.25) is 14.8 Å². The minimum Gasteiger partial charge on any atom is -0.393 e. The first kappa shape index (κ1) is 14.9. The summed E-state index contributed by atoms with van der Waals surface area (Å²) in [6, 6.07) is 0. The maximum Gasteiger partial charge on any atom is 0.306 e. The van der Waals surface area contributed by atoms with Crippen LogP contribution in [0.5, 0.6) is 0 Å². The van der Waals surface area contributed by atoms with Crippen molar-refractivity contribution < 1.29 is 15.1 Å². The molecular formula is C12H20N4O4. The molecule has 2 rings (SSSR count). The molecule has 3 N–H and O–H groups in total. The van der Waals surface area contributed by atoms with E-state index in [2.05, 4.69) is 10.4 Å². The molecule has 1 saturated carbocycles. The van der Waals surface area contributed by atoms with Gasteiger partial charge in [-0.05, 0) is 31.7 Å². The van der Waals surface area contributed by atoms with Crippen LogP contribution in [-0.4, -0.2) is 50.2 Å². The number of nitro groups is 1. The third-order valence-electron chi connectivity index (χ3n) is 3.55. The molecule has 1 aliphatic rings. The monoisotopic (exact) mass is 284 g/mol. The van der Waals surface area contributed by atoms with Crippen molar-refractivity contribution in [2.45, 2.75) is 38.0 Å². The van der Waals surface area contributed by atoms with Crippen LogP contribution in [0.25, 0.3) is 0 Å². The molecule has 1 aliphatic carbocycles. The number of aromatic nitrogens is 2. The Bertz CT molecular complexity index is 450. The molecule has 1 heterocycles. The van der Waals surface area contributed by atoms with Gasteiger partial charge < -0.3 is 15.5 Å². The third kappa shape index (κ3) is 4.26. The molecule has 0 radical (unpaired) electrons. The van der Waals surface area contributed by atoms with Crippen molar-refractivity contribution in [3.05, 3.63) is 22.5 Å². The summed E-state index contributed by atoms with van der Waals surface area (Å²) in [6.07, 6.45) is 4.31. The quantitative estimate of drug-likeness (QED) is 0.476. The fourth-order valence-corrected chi connectivity index (χ4v) is 2.52. The van der Waals surface area contributed by atoms with Crippen LogP contribution < -0.4 is 5.32 Å². The van der Waals surface area contributed by atoms with Crippen molar-refractivity contribution in [2.75, 3.05) is 13.1 Å². The van der Waals surface area contributed by atoms with E-state index in [0.717, 1.165) is 25.8 Å². The second-order valence-corrected chi connectivity index (χ2v) is 5.32. The van der Waals surface area contributed by atoms with Crippen LogP contribution in [0.15, 0.2) is 12.4 Å². The van der Waals surface area contributed by atoms with Gasteiger partial charge in [0.2, 0.25) is 0 Å². The van der Waals surface area contributed by atoms with Gasteiger partial charge in [-0.15, -0.1) is 0 Å². The largest absolute Gasteiger partial charge is 0.393 e. The first-order valence-corrected chi connectivity index (χ1v) is 6.78. The third-order valence-corrected chi connectivity index (χ3v) is 3.55. The predicted molar refractivity (Wildman–Crippen MR) is 71.1 cm³/mol. The van der Waals surface area contributed by atoms with Crippen LogP contribution in [0.2, 0.25) is 0 Å². The Kier molecular flexibility index (Phi) is 5.05. The molecule has 0 aromatic carbocycles. The fraction of sp³-hybridized carbons (Fsp3) is 0.750. The lowest BCUT2D eigenvalue weighted by Gasteiger charge is -2.14. The van der Waals surface area contributed by atoms with Crippen molar-refractivity contribution in [1.29, 1.82) is 0 Å². The molecule has 1 aromatic heterocycles. The zero-order valence-corrected chi connectivity index (χ0v) is 11.2. The summed E-state index contributed by atoms with van der Waals surface area (Å²) in [5, 5.41) is 36.7. The van der Waals surface area contributed by atoms with Gasteiger partial charge in [0.15, 0.2) is 0 Å². The molecule has 0 amide bonds. The zero-order valence-electron chi connectivity index (χ0n) is 11.2. The van der Waals surface area contributed by atoms with E-state index in [1.807, 2.05) is 0 Å². The number of hydrogen-bond donors (Lipinski definition) is 3. The van der Waals surface area contributed by atoms with E-state index in [1.165, 1.54) is 17.1 Å². The second-order valence-electron chi connectivity index (χ2n) is 5.32. The van der Waals surface area contributed by atoms with E-state index in [4.69, 9.17) is 0 Å². The maximum absolute atomic E-state index is 10.5. The van der Waals surface area contributed by atoms with Gasteiger partial charge in [0.05, 0.1) is 23.7 Å². The van der Waals surface area contributed by atoms with Gasteiger partial charge in [0, 0.05) is 6.54 Å². The highest BCUT2D eigenvalue weighted by atomic mass is 16.6. The highest BCUT2D eigenvalue weighted by molar-refractivity contribution is 5.20. The molecule has 8 nitrogen and oxygen atoms in total. The Morgan fingerprint density at radius 1 is 1.60 bits per heavy atom. The van der Waals surface area contributed by atoms with Gasteiger partial charge in [-0.25, -0.2) is 0 Å². The lowest BCUT2D eigenvalue weighted by Crippen LogP contribution is -2.33. The van der Waals surface area contributed by atoms with Crippen LogP contribution in [0, 0.1) is 16.0 Å².